The summed E-state index contributed by atoms with van der Waals surface area (Å²) in [5.41, 5.74) is 2.43. The molecule has 0 aromatic heterocycles. The van der Waals surface area contributed by atoms with Gasteiger partial charge < -0.3 is 10.1 Å². The Morgan fingerprint density at radius 2 is 1.64 bits per heavy atom. The van der Waals surface area contributed by atoms with Gasteiger partial charge in [-0.15, -0.1) is 11.8 Å². The van der Waals surface area contributed by atoms with Gasteiger partial charge >= 0.3 is 0 Å². The Kier molecular flexibility index (Phi) is 8.41. The molecule has 3 aromatic rings. The van der Waals surface area contributed by atoms with Gasteiger partial charge in [0.25, 0.3) is 5.91 Å². The number of carbonyl (C=O) groups is 1. The van der Waals surface area contributed by atoms with E-state index in [0.29, 0.717) is 11.4 Å². The highest BCUT2D eigenvalue weighted by atomic mass is 32.2. The Morgan fingerprint density at radius 3 is 2.21 bits per heavy atom. The molecule has 0 unspecified atom stereocenters. The molecule has 8 heteroatoms. The largest absolute Gasteiger partial charge is 0.484 e. The molecule has 3 rings (SSSR count). The zero-order chi connectivity index (χ0) is 23.8. The smallest absolute Gasteiger partial charge is 0.258 e. The van der Waals surface area contributed by atoms with Gasteiger partial charge in [0.2, 0.25) is 10.0 Å². The van der Waals surface area contributed by atoms with E-state index in [4.69, 9.17) is 4.74 Å². The zero-order valence-corrected chi connectivity index (χ0v) is 20.5. The number of hydrogen-bond donors (Lipinski definition) is 1. The lowest BCUT2D eigenvalue weighted by molar-refractivity contribution is -0.123. The Bertz CT molecular complexity index is 1150. The van der Waals surface area contributed by atoms with Crippen LogP contribution in [0.2, 0.25) is 0 Å². The number of amides is 1. The minimum atomic E-state index is -3.47. The van der Waals surface area contributed by atoms with Gasteiger partial charge in [0.05, 0.1) is 24.5 Å². The summed E-state index contributed by atoms with van der Waals surface area (Å²) in [5.74, 6) is 0.251. The first-order chi connectivity index (χ1) is 15.8. The van der Waals surface area contributed by atoms with Gasteiger partial charge in [-0.25, -0.2) is 8.42 Å². The van der Waals surface area contributed by atoms with Gasteiger partial charge in [-0.05, 0) is 60.7 Å². The third-order valence-electron chi connectivity index (χ3n) is 5.06. The minimum Gasteiger partial charge on any atom is -0.484 e. The van der Waals surface area contributed by atoms with E-state index < -0.39 is 10.0 Å². The van der Waals surface area contributed by atoms with Crippen molar-refractivity contribution in [3.8, 4) is 5.75 Å². The number of thioether (sulfide) groups is 1. The van der Waals surface area contributed by atoms with Crippen LogP contribution in [0.25, 0.3) is 0 Å². The van der Waals surface area contributed by atoms with Crippen LogP contribution in [-0.2, 0) is 21.4 Å². The van der Waals surface area contributed by atoms with Crippen LogP contribution in [0, 0.1) is 0 Å². The van der Waals surface area contributed by atoms with E-state index >= 15 is 0 Å². The molecule has 0 aliphatic heterocycles. The second-order valence-corrected chi connectivity index (χ2v) is 10.4. The molecule has 0 spiro atoms. The van der Waals surface area contributed by atoms with Crippen molar-refractivity contribution in [2.24, 2.45) is 0 Å². The topological polar surface area (TPSA) is 75.7 Å². The highest BCUT2D eigenvalue weighted by Crippen LogP contribution is 2.24. The van der Waals surface area contributed by atoms with Crippen molar-refractivity contribution < 1.29 is 17.9 Å². The Balaban J connectivity index is 1.58. The predicted molar refractivity (Wildman–Crippen MR) is 134 cm³/mol. The summed E-state index contributed by atoms with van der Waals surface area (Å²) in [5, 5.41) is 2.92. The summed E-state index contributed by atoms with van der Waals surface area (Å²) >= 11 is 1.67. The molecule has 1 amide bonds. The van der Waals surface area contributed by atoms with Gasteiger partial charge in [-0.1, -0.05) is 42.5 Å². The summed E-state index contributed by atoms with van der Waals surface area (Å²) in [4.78, 5) is 13.5. The Morgan fingerprint density at radius 1 is 1.00 bits per heavy atom. The maximum atomic E-state index is 12.3. The molecule has 0 saturated carbocycles. The van der Waals surface area contributed by atoms with Gasteiger partial charge in [-0.2, -0.15) is 0 Å². The third-order valence-corrected chi connectivity index (χ3v) is 6.94. The van der Waals surface area contributed by atoms with Crippen LogP contribution < -0.4 is 14.4 Å². The summed E-state index contributed by atoms with van der Waals surface area (Å²) < 4.78 is 31.6. The van der Waals surface area contributed by atoms with E-state index in [9.17, 15) is 13.2 Å². The van der Waals surface area contributed by atoms with Crippen LogP contribution in [0.1, 0.15) is 24.1 Å². The number of carbonyl (C=O) groups excluding carboxylic acids is 1. The maximum Gasteiger partial charge on any atom is 0.258 e. The van der Waals surface area contributed by atoms with Crippen molar-refractivity contribution in [1.82, 2.24) is 5.32 Å². The summed E-state index contributed by atoms with van der Waals surface area (Å²) in [6, 6.07) is 24.0. The lowest BCUT2D eigenvalue weighted by atomic mass is 10.1. The number of nitrogens with zero attached hydrogens (tertiary/aromatic N) is 1. The van der Waals surface area contributed by atoms with Crippen LogP contribution in [0.15, 0.2) is 83.8 Å². The van der Waals surface area contributed by atoms with E-state index in [1.165, 1.54) is 15.5 Å². The Labute approximate surface area is 200 Å². The fourth-order valence-electron chi connectivity index (χ4n) is 3.27. The number of sulfonamides is 1. The van der Waals surface area contributed by atoms with Crippen molar-refractivity contribution in [1.29, 1.82) is 0 Å². The number of anilines is 1. The first-order valence-corrected chi connectivity index (χ1v) is 13.5. The fourth-order valence-corrected chi connectivity index (χ4v) is 4.56. The number of benzene rings is 3. The van der Waals surface area contributed by atoms with Gasteiger partial charge in [0.1, 0.15) is 5.75 Å². The van der Waals surface area contributed by atoms with Crippen LogP contribution in [-0.4, -0.2) is 33.4 Å². The van der Waals surface area contributed by atoms with E-state index in [1.54, 1.807) is 36.0 Å². The lowest BCUT2D eigenvalue weighted by Gasteiger charge is -2.23. The van der Waals surface area contributed by atoms with Crippen molar-refractivity contribution in [3.63, 3.8) is 0 Å². The maximum absolute atomic E-state index is 12.3. The van der Waals surface area contributed by atoms with E-state index in [1.807, 2.05) is 67.8 Å². The normalized spacial score (nSPS) is 12.1. The van der Waals surface area contributed by atoms with Crippen LogP contribution in [0.5, 0.6) is 5.75 Å². The predicted octanol–water partition coefficient (Wildman–Crippen LogP) is 4.63. The molecule has 0 heterocycles. The number of nitrogens with one attached hydrogen (secondary N) is 1. The summed E-state index contributed by atoms with van der Waals surface area (Å²) in [6.45, 7) is 2.03. The molecule has 3 aromatic carbocycles. The third kappa shape index (κ3) is 7.27. The molecule has 6 nitrogen and oxygen atoms in total. The highest BCUT2D eigenvalue weighted by Gasteiger charge is 2.18. The van der Waals surface area contributed by atoms with Gasteiger partial charge in [0, 0.05) is 4.90 Å². The Hall–Kier alpha value is -2.97. The van der Waals surface area contributed by atoms with Crippen molar-refractivity contribution in [3.05, 3.63) is 90.0 Å². The monoisotopic (exact) mass is 484 g/mol. The van der Waals surface area contributed by atoms with Crippen molar-refractivity contribution >= 4 is 33.4 Å². The molecule has 0 aliphatic rings. The second-order valence-electron chi connectivity index (χ2n) is 7.60. The van der Waals surface area contributed by atoms with Crippen molar-refractivity contribution in [2.75, 3.05) is 23.4 Å². The first kappa shape index (κ1) is 24.7. The second kappa shape index (κ2) is 11.2. The molecule has 174 valence electrons. The SMILES string of the molecule is CSc1ccc([C@@H](C)NC(=O)COc2ccc(N(Cc3ccccc3)S(C)(=O)=O)cc2)cc1. The van der Waals surface area contributed by atoms with Crippen LogP contribution >= 0.6 is 11.8 Å². The highest BCUT2D eigenvalue weighted by molar-refractivity contribution is 7.98. The standard InChI is InChI=1S/C25H28N2O4S2/c1-19(21-9-15-24(32-2)16-10-21)26-25(28)18-31-23-13-11-22(12-14-23)27(33(3,29)30)17-20-7-5-4-6-8-20/h4-16,19H,17-18H2,1-3H3,(H,26,28)/t19-/m1/s1. The van der Waals surface area contributed by atoms with E-state index in [2.05, 4.69) is 5.32 Å². The van der Waals surface area contributed by atoms with E-state index in [0.717, 1.165) is 11.1 Å². The molecule has 0 fully saturated rings. The van der Waals surface area contributed by atoms with Crippen LogP contribution in [0.3, 0.4) is 0 Å². The molecule has 1 N–H and O–H groups in total. The molecule has 0 saturated heterocycles. The van der Waals surface area contributed by atoms with Gasteiger partial charge in [0.15, 0.2) is 6.61 Å². The molecule has 33 heavy (non-hydrogen) atoms. The average molecular weight is 485 g/mol. The lowest BCUT2D eigenvalue weighted by Crippen LogP contribution is -2.31. The van der Waals surface area contributed by atoms with Crippen molar-refractivity contribution in [2.45, 2.75) is 24.4 Å². The fraction of sp³-hybridized carbons (Fsp3) is 0.240. The number of rotatable bonds is 10. The molecule has 0 radical (unpaired) electrons. The van der Waals surface area contributed by atoms with Crippen LogP contribution in [0.4, 0.5) is 5.69 Å². The molecular weight excluding hydrogens is 456 g/mol. The number of hydrogen-bond acceptors (Lipinski definition) is 5. The average Bonchev–Trinajstić information content (AvgIpc) is 2.81. The molecule has 0 aliphatic carbocycles. The molecule has 1 atom stereocenters. The molecule has 0 bridgehead atoms. The first-order valence-electron chi connectivity index (χ1n) is 10.4. The van der Waals surface area contributed by atoms with Gasteiger partial charge in [-0.3, -0.25) is 9.10 Å². The molecular formula is C25H28N2O4S2. The van der Waals surface area contributed by atoms with E-state index in [-0.39, 0.29) is 25.1 Å². The minimum absolute atomic E-state index is 0.133. The summed E-state index contributed by atoms with van der Waals surface area (Å²) in [7, 11) is -3.47. The quantitative estimate of drug-likeness (QED) is 0.425. The summed E-state index contributed by atoms with van der Waals surface area (Å²) in [6.07, 6.45) is 3.20. The zero-order valence-electron chi connectivity index (χ0n) is 18.9. The number of ether oxygens (including phenoxy) is 1.